The van der Waals surface area contributed by atoms with Crippen LogP contribution in [0.4, 0.5) is 0 Å². The average molecular weight is 497 g/mol. The molecule has 1 amide bonds. The molecule has 0 radical (unpaired) electrons. The minimum absolute atomic E-state index is 0.146. The SMILES string of the molecule is C[C@H](C1CC1)N(Cc1ccccc1)C(=O)CSc1nnc(COc2ccccc2Cl)n1C1CC1. The first-order valence-electron chi connectivity index (χ1n) is 11.9. The number of benzene rings is 2. The topological polar surface area (TPSA) is 60.3 Å². The van der Waals surface area contributed by atoms with Gasteiger partial charge in [0.1, 0.15) is 12.4 Å². The van der Waals surface area contributed by atoms with Gasteiger partial charge in [-0.3, -0.25) is 9.36 Å². The lowest BCUT2D eigenvalue weighted by Crippen LogP contribution is -2.40. The normalized spacial score (nSPS) is 16.3. The van der Waals surface area contributed by atoms with Crippen LogP contribution < -0.4 is 4.74 Å². The van der Waals surface area contributed by atoms with Crippen molar-refractivity contribution in [1.82, 2.24) is 19.7 Å². The molecule has 2 aliphatic rings. The fourth-order valence-corrected chi connectivity index (χ4v) is 5.29. The molecule has 0 saturated heterocycles. The number of nitrogens with zero attached hydrogens (tertiary/aromatic N) is 4. The first kappa shape index (κ1) is 23.2. The van der Waals surface area contributed by atoms with Gasteiger partial charge in [-0.25, -0.2) is 0 Å². The maximum absolute atomic E-state index is 13.4. The van der Waals surface area contributed by atoms with Crippen LogP contribution in [0.1, 0.15) is 50.0 Å². The third kappa shape index (κ3) is 5.58. The Balaban J connectivity index is 1.26. The maximum Gasteiger partial charge on any atom is 0.233 e. The molecule has 2 saturated carbocycles. The van der Waals surface area contributed by atoms with Crippen LogP contribution in [0.15, 0.2) is 59.8 Å². The van der Waals surface area contributed by atoms with E-state index in [1.807, 2.05) is 41.3 Å². The van der Waals surface area contributed by atoms with Crippen molar-refractivity contribution in [2.24, 2.45) is 5.92 Å². The Morgan fingerprint density at radius 2 is 1.85 bits per heavy atom. The summed E-state index contributed by atoms with van der Waals surface area (Å²) in [4.78, 5) is 15.4. The van der Waals surface area contributed by atoms with Gasteiger partial charge in [0.05, 0.1) is 10.8 Å². The summed E-state index contributed by atoms with van der Waals surface area (Å²) in [7, 11) is 0. The Morgan fingerprint density at radius 1 is 1.12 bits per heavy atom. The maximum atomic E-state index is 13.4. The highest BCUT2D eigenvalue weighted by molar-refractivity contribution is 7.99. The molecule has 3 aromatic rings. The molecule has 8 heteroatoms. The molecule has 2 aromatic carbocycles. The number of ether oxygens (including phenoxy) is 1. The van der Waals surface area contributed by atoms with E-state index in [0.717, 1.165) is 29.4 Å². The summed E-state index contributed by atoms with van der Waals surface area (Å²) in [6.45, 7) is 3.12. The van der Waals surface area contributed by atoms with Crippen LogP contribution in [0.3, 0.4) is 0 Å². The van der Waals surface area contributed by atoms with Gasteiger partial charge in [0.2, 0.25) is 5.91 Å². The molecular formula is C26H29ClN4O2S. The second-order valence-corrected chi connectivity index (χ2v) is 10.4. The second kappa shape index (κ2) is 10.4. The first-order chi connectivity index (χ1) is 16.6. The Morgan fingerprint density at radius 3 is 2.56 bits per heavy atom. The highest BCUT2D eigenvalue weighted by atomic mass is 35.5. The summed E-state index contributed by atoms with van der Waals surface area (Å²) in [6, 6.07) is 18.3. The van der Waals surface area contributed by atoms with Crippen molar-refractivity contribution in [1.29, 1.82) is 0 Å². The van der Waals surface area contributed by atoms with Crippen molar-refractivity contribution in [3.8, 4) is 5.75 Å². The van der Waals surface area contributed by atoms with E-state index in [9.17, 15) is 4.79 Å². The summed E-state index contributed by atoms with van der Waals surface area (Å²) in [5, 5.41) is 10.2. The largest absolute Gasteiger partial charge is 0.484 e. The lowest BCUT2D eigenvalue weighted by atomic mass is 10.1. The molecule has 0 spiro atoms. The molecule has 178 valence electrons. The standard InChI is InChI=1S/C26H29ClN4O2S/c1-18(20-11-12-20)30(15-19-7-3-2-4-8-19)25(32)17-34-26-29-28-24(31(26)21-13-14-21)16-33-23-10-6-5-9-22(23)27/h2-10,18,20-21H,11-17H2,1H3/t18-/m1/s1. The number of hydrogen-bond acceptors (Lipinski definition) is 5. The Labute approximate surface area is 209 Å². The molecule has 1 aromatic heterocycles. The van der Waals surface area contributed by atoms with Crippen LogP contribution in [0, 0.1) is 5.92 Å². The minimum Gasteiger partial charge on any atom is -0.484 e. The number of rotatable bonds is 11. The van der Waals surface area contributed by atoms with E-state index in [1.165, 1.54) is 24.6 Å². The molecule has 6 nitrogen and oxygen atoms in total. The van der Waals surface area contributed by atoms with Crippen LogP contribution in [0.25, 0.3) is 0 Å². The average Bonchev–Trinajstić information content (AvgIpc) is 3.79. The van der Waals surface area contributed by atoms with Crippen LogP contribution in [0.2, 0.25) is 5.02 Å². The summed E-state index contributed by atoms with van der Waals surface area (Å²) in [5.41, 5.74) is 1.16. The lowest BCUT2D eigenvalue weighted by molar-refractivity contribution is -0.131. The zero-order valence-electron chi connectivity index (χ0n) is 19.3. The van der Waals surface area contributed by atoms with E-state index < -0.39 is 0 Å². The van der Waals surface area contributed by atoms with Gasteiger partial charge in [-0.2, -0.15) is 0 Å². The molecule has 1 atom stereocenters. The number of hydrogen-bond donors (Lipinski definition) is 0. The summed E-state index contributed by atoms with van der Waals surface area (Å²) < 4.78 is 8.05. The predicted molar refractivity (Wildman–Crippen MR) is 134 cm³/mol. The number of amides is 1. The van der Waals surface area contributed by atoms with Gasteiger partial charge < -0.3 is 9.64 Å². The lowest BCUT2D eigenvalue weighted by Gasteiger charge is -2.29. The van der Waals surface area contributed by atoms with Gasteiger partial charge in [0, 0.05) is 18.6 Å². The number of thioether (sulfide) groups is 1. The van der Waals surface area contributed by atoms with Crippen LogP contribution >= 0.6 is 23.4 Å². The number of aromatic nitrogens is 3. The molecule has 0 aliphatic heterocycles. The van der Waals surface area contributed by atoms with Crippen LogP contribution in [-0.2, 0) is 17.9 Å². The zero-order chi connectivity index (χ0) is 23.5. The highest BCUT2D eigenvalue weighted by Gasteiger charge is 2.35. The van der Waals surface area contributed by atoms with E-state index in [0.29, 0.717) is 41.6 Å². The molecule has 5 rings (SSSR count). The number of carbonyl (C=O) groups is 1. The second-order valence-electron chi connectivity index (χ2n) is 9.09. The fraction of sp³-hybridized carbons (Fsp3) is 0.423. The first-order valence-corrected chi connectivity index (χ1v) is 13.2. The highest BCUT2D eigenvalue weighted by Crippen LogP contribution is 2.40. The van der Waals surface area contributed by atoms with Crippen molar-refractivity contribution in [3.05, 3.63) is 71.0 Å². The van der Waals surface area contributed by atoms with E-state index >= 15 is 0 Å². The van der Waals surface area contributed by atoms with Gasteiger partial charge in [0.25, 0.3) is 0 Å². The molecule has 0 unspecified atom stereocenters. The quantitative estimate of drug-likeness (QED) is 0.315. The Bertz CT molecular complexity index is 1130. The van der Waals surface area contributed by atoms with Crippen molar-refractivity contribution in [3.63, 3.8) is 0 Å². The molecule has 1 heterocycles. The van der Waals surface area contributed by atoms with E-state index in [4.69, 9.17) is 16.3 Å². The van der Waals surface area contributed by atoms with Gasteiger partial charge in [-0.15, -0.1) is 10.2 Å². The molecule has 34 heavy (non-hydrogen) atoms. The number of carbonyl (C=O) groups excluding carboxylic acids is 1. The van der Waals surface area contributed by atoms with Gasteiger partial charge in [-0.1, -0.05) is 65.8 Å². The fourth-order valence-electron chi connectivity index (χ4n) is 4.19. The number of para-hydroxylation sites is 1. The van der Waals surface area contributed by atoms with Gasteiger partial charge in [0.15, 0.2) is 11.0 Å². The van der Waals surface area contributed by atoms with Gasteiger partial charge in [-0.05, 0) is 56.2 Å². The monoisotopic (exact) mass is 496 g/mol. The van der Waals surface area contributed by atoms with Crippen LogP contribution in [-0.4, -0.2) is 37.4 Å². The summed E-state index contributed by atoms with van der Waals surface area (Å²) in [6.07, 6.45) is 4.60. The van der Waals surface area contributed by atoms with Crippen molar-refractivity contribution in [2.45, 2.75) is 63.0 Å². The third-order valence-corrected chi connectivity index (χ3v) is 7.72. The molecule has 0 bridgehead atoms. The zero-order valence-corrected chi connectivity index (χ0v) is 20.8. The third-order valence-electron chi connectivity index (χ3n) is 6.48. The molecule has 2 fully saturated rings. The summed E-state index contributed by atoms with van der Waals surface area (Å²) in [5.74, 6) is 2.50. The molecule has 0 N–H and O–H groups in total. The minimum atomic E-state index is 0.146. The van der Waals surface area contributed by atoms with Crippen molar-refractivity contribution in [2.75, 3.05) is 5.75 Å². The van der Waals surface area contributed by atoms with E-state index in [1.54, 1.807) is 6.07 Å². The predicted octanol–water partition coefficient (Wildman–Crippen LogP) is 5.76. The smallest absolute Gasteiger partial charge is 0.233 e. The Hall–Kier alpha value is -2.51. The summed E-state index contributed by atoms with van der Waals surface area (Å²) >= 11 is 7.69. The van der Waals surface area contributed by atoms with E-state index in [2.05, 4.69) is 33.8 Å². The van der Waals surface area contributed by atoms with Crippen molar-refractivity contribution >= 4 is 29.3 Å². The van der Waals surface area contributed by atoms with Crippen LogP contribution in [0.5, 0.6) is 5.75 Å². The Kier molecular flexibility index (Phi) is 7.11. The molecular weight excluding hydrogens is 468 g/mol. The molecule has 2 aliphatic carbocycles. The van der Waals surface area contributed by atoms with Gasteiger partial charge >= 0.3 is 0 Å². The number of halogens is 1. The van der Waals surface area contributed by atoms with E-state index in [-0.39, 0.29) is 11.9 Å². The van der Waals surface area contributed by atoms with Crippen molar-refractivity contribution < 1.29 is 9.53 Å².